The predicted molar refractivity (Wildman–Crippen MR) is 240 cm³/mol. The summed E-state index contributed by atoms with van der Waals surface area (Å²) in [4.78, 5) is 94.9. The highest BCUT2D eigenvalue weighted by Crippen LogP contribution is 2.48. The summed E-state index contributed by atoms with van der Waals surface area (Å²) >= 11 is 15.1. The quantitative estimate of drug-likeness (QED) is 0.120. The van der Waals surface area contributed by atoms with Gasteiger partial charge in [0.1, 0.15) is 5.92 Å². The van der Waals surface area contributed by atoms with Crippen molar-refractivity contribution in [3.8, 4) is 0 Å². The number of pyridine rings is 1. The Morgan fingerprint density at radius 1 is 0.581 bits per heavy atom. The van der Waals surface area contributed by atoms with Gasteiger partial charge in [0.2, 0.25) is 0 Å². The first kappa shape index (κ1) is 39.7. The molecule has 1 atom stereocenters. The SMILES string of the molecule is Cc1c(C)c2c(c(C)c1Cl)C(=O)N(c1ccc(CN3C(=O)c4cccc5cccc(c45)C3=O)c3ccc(C4C(=O)c5c(C)c(C)c(Sc6ccccc6)c(Cl)c5C4=O)nc13)C2=O. The highest BCUT2D eigenvalue weighted by molar-refractivity contribution is 7.99. The molecule has 0 fully saturated rings. The molecule has 0 saturated carbocycles. The standard InChI is InChI=1S/C50H33Cl2N3O6S/c1-22-24(3)41(51)26(5)37-36(22)49(60)55(50(37)61)34-20-17-28(21-54-47(58)31-15-9-11-27-12-10-16-32(38(27)31)48(54)59)30-18-19-33(53-43(30)34)39-44(56)35-23(2)25(4)46(42(52)40(35)45(39)57)62-29-13-7-6-8-14-29/h6-20,39H,21H2,1-5H3. The minimum absolute atomic E-state index is 0.0843. The highest BCUT2D eigenvalue weighted by Gasteiger charge is 2.46. The highest BCUT2D eigenvalue weighted by atomic mass is 35.5. The number of rotatable bonds is 6. The van der Waals surface area contributed by atoms with Crippen molar-refractivity contribution in [2.45, 2.75) is 56.9 Å². The number of amides is 4. The second-order valence-electron chi connectivity index (χ2n) is 15.9. The number of carbonyl (C=O) groups excluding carboxylic acids is 6. The van der Waals surface area contributed by atoms with Crippen LogP contribution in [0.2, 0.25) is 10.0 Å². The number of carbonyl (C=O) groups is 6. The van der Waals surface area contributed by atoms with Crippen molar-refractivity contribution < 1.29 is 28.8 Å². The van der Waals surface area contributed by atoms with E-state index in [1.54, 1.807) is 76.2 Å². The first-order chi connectivity index (χ1) is 29.7. The summed E-state index contributed by atoms with van der Waals surface area (Å²) in [5.41, 5.74) is 5.39. The molecule has 0 radical (unpaired) electrons. The van der Waals surface area contributed by atoms with Crippen LogP contribution in [0.25, 0.3) is 21.7 Å². The summed E-state index contributed by atoms with van der Waals surface area (Å²) in [7, 11) is 0. The van der Waals surface area contributed by atoms with Gasteiger partial charge in [0.15, 0.2) is 11.6 Å². The van der Waals surface area contributed by atoms with E-state index in [0.29, 0.717) is 59.6 Å². The monoisotopic (exact) mass is 873 g/mol. The van der Waals surface area contributed by atoms with E-state index in [-0.39, 0.29) is 50.7 Å². The van der Waals surface area contributed by atoms with Crippen molar-refractivity contribution in [2.75, 3.05) is 4.90 Å². The van der Waals surface area contributed by atoms with Crippen molar-refractivity contribution in [1.29, 1.82) is 0 Å². The van der Waals surface area contributed by atoms with E-state index in [2.05, 4.69) is 0 Å². The van der Waals surface area contributed by atoms with Crippen molar-refractivity contribution in [3.05, 3.63) is 173 Å². The van der Waals surface area contributed by atoms with Crippen molar-refractivity contribution in [1.82, 2.24) is 9.88 Å². The third kappa shape index (κ3) is 5.53. The molecule has 9 nitrogen and oxygen atoms in total. The molecular formula is C50H33Cl2N3O6S. The number of benzene rings is 6. The first-order valence-corrected chi connectivity index (χ1v) is 21.4. The Balaban J connectivity index is 1.12. The maximum absolute atomic E-state index is 14.6. The van der Waals surface area contributed by atoms with Gasteiger partial charge < -0.3 is 0 Å². The number of ketones is 2. The molecule has 4 amide bonds. The smallest absolute Gasteiger partial charge is 0.266 e. The van der Waals surface area contributed by atoms with Gasteiger partial charge in [0, 0.05) is 47.8 Å². The van der Waals surface area contributed by atoms with E-state index in [1.165, 1.54) is 11.8 Å². The molecule has 62 heavy (non-hydrogen) atoms. The van der Waals surface area contributed by atoms with Crippen LogP contribution < -0.4 is 4.90 Å². The van der Waals surface area contributed by atoms with Gasteiger partial charge in [0.25, 0.3) is 23.6 Å². The molecule has 2 aliphatic heterocycles. The number of fused-ring (bicyclic) bond motifs is 3. The summed E-state index contributed by atoms with van der Waals surface area (Å²) in [5.74, 6) is -4.52. The van der Waals surface area contributed by atoms with Crippen LogP contribution in [0.3, 0.4) is 0 Å². The Hall–Kier alpha value is -6.46. The zero-order valence-corrected chi connectivity index (χ0v) is 36.2. The van der Waals surface area contributed by atoms with Crippen molar-refractivity contribution in [2.24, 2.45) is 0 Å². The summed E-state index contributed by atoms with van der Waals surface area (Å²) in [5, 5.41) is 2.31. The summed E-state index contributed by atoms with van der Waals surface area (Å²) in [6.07, 6.45) is 0. The average Bonchev–Trinajstić information content (AvgIpc) is 3.70. The minimum Gasteiger partial charge on any atom is -0.293 e. The molecule has 3 heterocycles. The van der Waals surface area contributed by atoms with Crippen LogP contribution in [0, 0.1) is 34.6 Å². The number of Topliss-reactive ketones (excluding diaryl/α,β-unsaturated/α-hetero) is 2. The number of anilines is 1. The first-order valence-electron chi connectivity index (χ1n) is 19.8. The zero-order valence-electron chi connectivity index (χ0n) is 33.9. The number of hydrogen-bond donors (Lipinski definition) is 0. The average molecular weight is 875 g/mol. The zero-order chi connectivity index (χ0) is 43.6. The molecule has 3 aliphatic rings. The Kier molecular flexibility index (Phi) is 9.15. The van der Waals surface area contributed by atoms with Gasteiger partial charge in [-0.15, -0.1) is 0 Å². The molecular weight excluding hydrogens is 842 g/mol. The molecule has 304 valence electrons. The van der Waals surface area contributed by atoms with Crippen LogP contribution >= 0.6 is 35.0 Å². The largest absolute Gasteiger partial charge is 0.293 e. The minimum atomic E-state index is -1.38. The maximum Gasteiger partial charge on any atom is 0.266 e. The Morgan fingerprint density at radius 3 is 1.85 bits per heavy atom. The molecule has 7 aromatic rings. The maximum atomic E-state index is 14.6. The fourth-order valence-corrected chi connectivity index (χ4v) is 10.9. The van der Waals surface area contributed by atoms with Crippen molar-refractivity contribution in [3.63, 3.8) is 0 Å². The van der Waals surface area contributed by atoms with Gasteiger partial charge in [-0.1, -0.05) is 89.6 Å². The predicted octanol–water partition coefficient (Wildman–Crippen LogP) is 11.1. The van der Waals surface area contributed by atoms with Gasteiger partial charge in [-0.3, -0.25) is 33.7 Å². The molecule has 1 aromatic heterocycles. The van der Waals surface area contributed by atoms with Gasteiger partial charge in [0.05, 0.1) is 39.6 Å². The second kappa shape index (κ2) is 14.3. The van der Waals surface area contributed by atoms with Crippen LogP contribution in [-0.2, 0) is 6.54 Å². The van der Waals surface area contributed by atoms with Crippen LogP contribution in [0.15, 0.2) is 101 Å². The third-order valence-electron chi connectivity index (χ3n) is 12.7. The Bertz CT molecular complexity index is 3210. The van der Waals surface area contributed by atoms with Gasteiger partial charge >= 0.3 is 0 Å². The lowest BCUT2D eigenvalue weighted by Gasteiger charge is -2.28. The number of imide groups is 2. The van der Waals surface area contributed by atoms with Gasteiger partial charge in [-0.25, -0.2) is 9.88 Å². The molecule has 6 aromatic carbocycles. The lowest BCUT2D eigenvalue weighted by molar-refractivity contribution is 0.0597. The van der Waals surface area contributed by atoms with E-state index < -0.39 is 41.1 Å². The van der Waals surface area contributed by atoms with Crippen LogP contribution in [0.5, 0.6) is 0 Å². The molecule has 1 aliphatic carbocycles. The van der Waals surface area contributed by atoms with Crippen LogP contribution in [0.1, 0.15) is 107 Å². The van der Waals surface area contributed by atoms with E-state index >= 15 is 0 Å². The summed E-state index contributed by atoms with van der Waals surface area (Å²) in [6.45, 7) is 8.71. The summed E-state index contributed by atoms with van der Waals surface area (Å²) < 4.78 is 0. The fraction of sp³-hybridized carbons (Fsp3) is 0.140. The van der Waals surface area contributed by atoms with Crippen LogP contribution in [0.4, 0.5) is 5.69 Å². The van der Waals surface area contributed by atoms with Gasteiger partial charge in [-0.05, 0) is 110 Å². The molecule has 0 N–H and O–H groups in total. The number of nitrogens with zero attached hydrogens (tertiary/aromatic N) is 3. The van der Waals surface area contributed by atoms with E-state index in [0.717, 1.165) is 25.6 Å². The number of hydrogen-bond acceptors (Lipinski definition) is 8. The van der Waals surface area contributed by atoms with E-state index in [9.17, 15) is 28.8 Å². The lowest BCUT2D eigenvalue weighted by Crippen LogP contribution is -2.39. The Labute approximate surface area is 369 Å². The second-order valence-corrected chi connectivity index (χ2v) is 17.7. The molecule has 1 unspecified atom stereocenters. The summed E-state index contributed by atoms with van der Waals surface area (Å²) in [6, 6.07) is 26.6. The molecule has 10 rings (SSSR count). The number of aromatic nitrogens is 1. The van der Waals surface area contributed by atoms with Crippen LogP contribution in [-0.4, -0.2) is 45.1 Å². The third-order valence-corrected chi connectivity index (χ3v) is 14.9. The number of halogens is 2. The van der Waals surface area contributed by atoms with Crippen molar-refractivity contribution >= 4 is 97.5 Å². The van der Waals surface area contributed by atoms with E-state index in [4.69, 9.17) is 28.2 Å². The fourth-order valence-electron chi connectivity index (χ4n) is 9.21. The topological polar surface area (TPSA) is 122 Å². The lowest BCUT2D eigenvalue weighted by atomic mass is 9.93. The van der Waals surface area contributed by atoms with E-state index in [1.807, 2.05) is 49.4 Å². The molecule has 0 bridgehead atoms. The molecule has 0 spiro atoms. The normalized spacial score (nSPS) is 15.8. The Morgan fingerprint density at radius 2 is 1.19 bits per heavy atom. The molecule has 12 heteroatoms. The van der Waals surface area contributed by atoms with Gasteiger partial charge in [-0.2, -0.15) is 0 Å². The molecule has 0 saturated heterocycles.